The van der Waals surface area contributed by atoms with Gasteiger partial charge in [-0.3, -0.25) is 4.79 Å². The van der Waals surface area contributed by atoms with Gasteiger partial charge in [0.15, 0.2) is 0 Å². The topological polar surface area (TPSA) is 49.9 Å². The second-order valence-corrected chi connectivity index (χ2v) is 5.75. The third kappa shape index (κ3) is 4.34. The number of rotatable bonds is 4. The van der Waals surface area contributed by atoms with Crippen LogP contribution in [0.2, 0.25) is 5.02 Å². The van der Waals surface area contributed by atoms with Gasteiger partial charge in [0.1, 0.15) is 5.82 Å². The molecule has 2 amide bonds. The molecule has 0 unspecified atom stereocenters. The standard InChI is InChI=1S/C16H20ClFN2O3/c1-2-3-11-23-16(22)20-9-7-19(8-10-20)15(21)14-12(17)5-4-6-13(14)18/h4-6H,2-3,7-11H2,1H3. The molecule has 5 nitrogen and oxygen atoms in total. The third-order valence-electron chi connectivity index (χ3n) is 3.73. The van der Waals surface area contributed by atoms with Gasteiger partial charge in [-0.25, -0.2) is 9.18 Å². The number of benzene rings is 1. The molecule has 0 spiro atoms. The largest absolute Gasteiger partial charge is 0.449 e. The first-order chi connectivity index (χ1) is 11.0. The van der Waals surface area contributed by atoms with Gasteiger partial charge in [-0.2, -0.15) is 0 Å². The van der Waals surface area contributed by atoms with Crippen LogP contribution in [0, 0.1) is 5.82 Å². The van der Waals surface area contributed by atoms with E-state index in [1.54, 1.807) is 4.90 Å². The highest BCUT2D eigenvalue weighted by molar-refractivity contribution is 6.33. The van der Waals surface area contributed by atoms with E-state index in [4.69, 9.17) is 16.3 Å². The van der Waals surface area contributed by atoms with Crippen LogP contribution >= 0.6 is 11.6 Å². The SMILES string of the molecule is CCCCOC(=O)N1CCN(C(=O)c2c(F)cccc2Cl)CC1. The van der Waals surface area contributed by atoms with Crippen molar-refractivity contribution < 1.29 is 18.7 Å². The first-order valence-corrected chi connectivity index (χ1v) is 8.07. The molecule has 23 heavy (non-hydrogen) atoms. The minimum absolute atomic E-state index is 0.0939. The van der Waals surface area contributed by atoms with E-state index < -0.39 is 11.7 Å². The van der Waals surface area contributed by atoms with Crippen LogP contribution < -0.4 is 0 Å². The normalized spacial score (nSPS) is 14.7. The number of unbranched alkanes of at least 4 members (excludes halogenated alkanes) is 1. The zero-order valence-corrected chi connectivity index (χ0v) is 13.8. The van der Waals surface area contributed by atoms with Gasteiger partial charge in [-0.05, 0) is 18.6 Å². The number of piperazine rings is 1. The molecule has 1 aliphatic rings. The lowest BCUT2D eigenvalue weighted by atomic mass is 10.1. The fourth-order valence-electron chi connectivity index (χ4n) is 2.35. The highest BCUT2D eigenvalue weighted by atomic mass is 35.5. The molecule has 0 bridgehead atoms. The van der Waals surface area contributed by atoms with Gasteiger partial charge < -0.3 is 14.5 Å². The molecule has 1 aromatic carbocycles. The molecular formula is C16H20ClFN2O3. The first-order valence-electron chi connectivity index (χ1n) is 7.69. The summed E-state index contributed by atoms with van der Waals surface area (Å²) in [7, 11) is 0. The maximum Gasteiger partial charge on any atom is 0.409 e. The van der Waals surface area contributed by atoms with E-state index in [1.165, 1.54) is 23.1 Å². The van der Waals surface area contributed by atoms with Crippen LogP contribution in [0.25, 0.3) is 0 Å². The van der Waals surface area contributed by atoms with E-state index in [2.05, 4.69) is 0 Å². The molecular weight excluding hydrogens is 323 g/mol. The van der Waals surface area contributed by atoms with E-state index in [-0.39, 0.29) is 16.7 Å². The van der Waals surface area contributed by atoms with Crippen molar-refractivity contribution in [1.29, 1.82) is 0 Å². The predicted octanol–water partition coefficient (Wildman–Crippen LogP) is 3.17. The van der Waals surface area contributed by atoms with Gasteiger partial charge in [-0.1, -0.05) is 31.0 Å². The summed E-state index contributed by atoms with van der Waals surface area (Å²) in [6, 6.07) is 4.15. The quantitative estimate of drug-likeness (QED) is 0.790. The van der Waals surface area contributed by atoms with Crippen molar-refractivity contribution in [2.45, 2.75) is 19.8 Å². The highest BCUT2D eigenvalue weighted by Gasteiger charge is 2.28. The lowest BCUT2D eigenvalue weighted by Crippen LogP contribution is -2.51. The molecule has 0 aromatic heterocycles. The van der Waals surface area contributed by atoms with Gasteiger partial charge in [0.25, 0.3) is 5.91 Å². The molecule has 0 radical (unpaired) electrons. The summed E-state index contributed by atoms with van der Waals surface area (Å²) >= 11 is 5.92. The lowest BCUT2D eigenvalue weighted by Gasteiger charge is -2.34. The Kier molecular flexibility index (Phi) is 6.21. The summed E-state index contributed by atoms with van der Waals surface area (Å²) in [6.07, 6.45) is 1.42. The number of nitrogens with zero attached hydrogens (tertiary/aromatic N) is 2. The Morgan fingerprint density at radius 1 is 1.22 bits per heavy atom. The number of hydrogen-bond donors (Lipinski definition) is 0. The molecule has 2 rings (SSSR count). The Morgan fingerprint density at radius 2 is 1.87 bits per heavy atom. The summed E-state index contributed by atoms with van der Waals surface area (Å²) in [5, 5.41) is 0.0939. The van der Waals surface area contributed by atoms with Crippen LogP contribution in [0.3, 0.4) is 0 Å². The van der Waals surface area contributed by atoms with Crippen molar-refractivity contribution in [2.75, 3.05) is 32.8 Å². The zero-order valence-electron chi connectivity index (χ0n) is 13.1. The lowest BCUT2D eigenvalue weighted by molar-refractivity contribution is 0.0554. The maximum atomic E-state index is 13.8. The number of ether oxygens (including phenoxy) is 1. The molecule has 1 fully saturated rings. The van der Waals surface area contributed by atoms with Gasteiger partial charge in [0, 0.05) is 26.2 Å². The van der Waals surface area contributed by atoms with Crippen LogP contribution in [-0.4, -0.2) is 54.6 Å². The Balaban J connectivity index is 1.91. The number of amides is 2. The number of carbonyl (C=O) groups is 2. The minimum Gasteiger partial charge on any atom is -0.449 e. The Labute approximate surface area is 140 Å². The van der Waals surface area contributed by atoms with Crippen molar-refractivity contribution in [3.05, 3.63) is 34.6 Å². The second kappa shape index (κ2) is 8.15. The van der Waals surface area contributed by atoms with Crippen molar-refractivity contribution in [1.82, 2.24) is 9.80 Å². The Morgan fingerprint density at radius 3 is 2.48 bits per heavy atom. The monoisotopic (exact) mass is 342 g/mol. The molecule has 0 saturated carbocycles. The van der Waals surface area contributed by atoms with Gasteiger partial charge in [0.05, 0.1) is 17.2 Å². The fourth-order valence-corrected chi connectivity index (χ4v) is 2.59. The van der Waals surface area contributed by atoms with Crippen LogP contribution in [-0.2, 0) is 4.74 Å². The second-order valence-electron chi connectivity index (χ2n) is 5.34. The van der Waals surface area contributed by atoms with Crippen molar-refractivity contribution in [2.24, 2.45) is 0 Å². The Bertz CT molecular complexity index is 554. The molecule has 0 N–H and O–H groups in total. The zero-order chi connectivity index (χ0) is 16.8. The minimum atomic E-state index is -0.635. The summed E-state index contributed by atoms with van der Waals surface area (Å²) < 4.78 is 19.0. The van der Waals surface area contributed by atoms with Crippen molar-refractivity contribution >= 4 is 23.6 Å². The molecule has 1 aromatic rings. The van der Waals surface area contributed by atoms with E-state index in [0.717, 1.165) is 12.8 Å². The number of halogens is 2. The Hall–Kier alpha value is -1.82. The molecule has 1 saturated heterocycles. The van der Waals surface area contributed by atoms with Gasteiger partial charge in [-0.15, -0.1) is 0 Å². The van der Waals surface area contributed by atoms with Crippen molar-refractivity contribution in [3.63, 3.8) is 0 Å². The summed E-state index contributed by atoms with van der Waals surface area (Å²) in [5.74, 6) is -1.09. The van der Waals surface area contributed by atoms with Gasteiger partial charge >= 0.3 is 6.09 Å². The van der Waals surface area contributed by atoms with E-state index in [1.807, 2.05) is 6.92 Å². The molecule has 0 atom stereocenters. The smallest absolute Gasteiger partial charge is 0.409 e. The first kappa shape index (κ1) is 17.5. The van der Waals surface area contributed by atoms with Crippen LogP contribution in [0.4, 0.5) is 9.18 Å². The molecule has 7 heteroatoms. The van der Waals surface area contributed by atoms with Gasteiger partial charge in [0.2, 0.25) is 0 Å². The van der Waals surface area contributed by atoms with E-state index in [9.17, 15) is 14.0 Å². The summed E-state index contributed by atoms with van der Waals surface area (Å²) in [4.78, 5) is 27.3. The predicted molar refractivity (Wildman–Crippen MR) is 85.1 cm³/mol. The van der Waals surface area contributed by atoms with Crippen molar-refractivity contribution in [3.8, 4) is 0 Å². The molecule has 1 aliphatic heterocycles. The van der Waals surface area contributed by atoms with Crippen LogP contribution in [0.15, 0.2) is 18.2 Å². The average Bonchev–Trinajstić information content (AvgIpc) is 2.55. The number of hydrogen-bond acceptors (Lipinski definition) is 3. The molecule has 0 aliphatic carbocycles. The van der Waals surface area contributed by atoms with E-state index >= 15 is 0 Å². The van der Waals surface area contributed by atoms with Crippen LogP contribution in [0.1, 0.15) is 30.1 Å². The third-order valence-corrected chi connectivity index (χ3v) is 4.04. The maximum absolute atomic E-state index is 13.8. The fraction of sp³-hybridized carbons (Fsp3) is 0.500. The van der Waals surface area contributed by atoms with E-state index in [0.29, 0.717) is 32.8 Å². The summed E-state index contributed by atoms with van der Waals surface area (Å²) in [5.41, 5.74) is -0.117. The molecule has 126 valence electrons. The highest BCUT2D eigenvalue weighted by Crippen LogP contribution is 2.21. The van der Waals surface area contributed by atoms with Crippen LogP contribution in [0.5, 0.6) is 0 Å². The summed E-state index contributed by atoms with van der Waals surface area (Å²) in [6.45, 7) is 3.80. The average molecular weight is 343 g/mol. The molecule has 1 heterocycles. The number of carbonyl (C=O) groups excluding carboxylic acids is 2.